The fraction of sp³-hybridized carbons (Fsp3) is 0.300. The quantitative estimate of drug-likeness (QED) is 0.780. The molecule has 0 bridgehead atoms. The number of carbonyl (C=O) groups is 2. The van der Waals surface area contributed by atoms with Crippen LogP contribution >= 0.6 is 0 Å². The number of rotatable bonds is 6. The maximum Gasteiger partial charge on any atom is 0.276 e. The number of hydrogen-bond acceptors (Lipinski definition) is 4. The lowest BCUT2D eigenvalue weighted by Gasteiger charge is -2.11. The summed E-state index contributed by atoms with van der Waals surface area (Å²) in [6.07, 6.45) is 0.0614. The molecule has 6 heteroatoms. The molecule has 2 rings (SSSR count). The predicted octanol–water partition coefficient (Wildman–Crippen LogP) is 2.93. The second-order valence-corrected chi connectivity index (χ2v) is 6.23. The summed E-state index contributed by atoms with van der Waals surface area (Å²) in [6.45, 7) is 7.64. The molecule has 0 aliphatic carbocycles. The molecule has 0 radical (unpaired) electrons. The molecule has 0 saturated carbocycles. The van der Waals surface area contributed by atoms with Crippen molar-refractivity contribution in [1.82, 2.24) is 10.9 Å². The van der Waals surface area contributed by atoms with E-state index in [-0.39, 0.29) is 12.7 Å². The van der Waals surface area contributed by atoms with Crippen molar-refractivity contribution >= 4 is 11.8 Å². The van der Waals surface area contributed by atoms with Gasteiger partial charge < -0.3 is 9.47 Å². The lowest BCUT2D eigenvalue weighted by atomic mass is 10.1. The molecule has 2 aromatic carbocycles. The van der Waals surface area contributed by atoms with Crippen molar-refractivity contribution in [2.24, 2.45) is 0 Å². The predicted molar refractivity (Wildman–Crippen MR) is 99.2 cm³/mol. The monoisotopic (exact) mass is 356 g/mol. The van der Waals surface area contributed by atoms with Crippen LogP contribution in [0.1, 0.15) is 35.3 Å². The highest BCUT2D eigenvalue weighted by Gasteiger charge is 2.09. The highest BCUT2D eigenvalue weighted by atomic mass is 16.5. The first kappa shape index (κ1) is 19.3. The molecule has 0 atom stereocenters. The van der Waals surface area contributed by atoms with Gasteiger partial charge in [-0.25, -0.2) is 0 Å². The molecular weight excluding hydrogens is 332 g/mol. The maximum absolute atomic E-state index is 12.0. The summed E-state index contributed by atoms with van der Waals surface area (Å²) < 4.78 is 10.9. The van der Waals surface area contributed by atoms with Crippen molar-refractivity contribution in [3.05, 3.63) is 59.2 Å². The van der Waals surface area contributed by atoms with Crippen molar-refractivity contribution in [2.45, 2.75) is 33.8 Å². The third-order valence-corrected chi connectivity index (χ3v) is 3.65. The van der Waals surface area contributed by atoms with Crippen LogP contribution in [0.3, 0.4) is 0 Å². The van der Waals surface area contributed by atoms with Crippen molar-refractivity contribution in [2.75, 3.05) is 6.61 Å². The van der Waals surface area contributed by atoms with E-state index < -0.39 is 11.8 Å². The van der Waals surface area contributed by atoms with Gasteiger partial charge in [-0.15, -0.1) is 0 Å². The van der Waals surface area contributed by atoms with Gasteiger partial charge in [0.15, 0.2) is 6.61 Å². The van der Waals surface area contributed by atoms with Crippen molar-refractivity contribution in [3.63, 3.8) is 0 Å². The van der Waals surface area contributed by atoms with Gasteiger partial charge in [0.25, 0.3) is 11.8 Å². The summed E-state index contributed by atoms with van der Waals surface area (Å²) >= 11 is 0. The van der Waals surface area contributed by atoms with Crippen LogP contribution in [0.2, 0.25) is 0 Å². The molecular formula is C20H24N2O4. The number of ether oxygens (including phenoxy) is 2. The summed E-state index contributed by atoms with van der Waals surface area (Å²) in [5.74, 6) is 0.426. The molecule has 0 fully saturated rings. The maximum atomic E-state index is 12.0. The molecule has 0 spiro atoms. The fourth-order valence-electron chi connectivity index (χ4n) is 2.14. The fourth-order valence-corrected chi connectivity index (χ4v) is 2.14. The number of benzene rings is 2. The zero-order chi connectivity index (χ0) is 19.1. The second kappa shape index (κ2) is 8.89. The van der Waals surface area contributed by atoms with Crippen LogP contribution in [0.5, 0.6) is 11.5 Å². The lowest BCUT2D eigenvalue weighted by Crippen LogP contribution is -2.43. The Morgan fingerprint density at radius 1 is 0.923 bits per heavy atom. The number of hydrazine groups is 1. The lowest BCUT2D eigenvalue weighted by molar-refractivity contribution is -0.123. The first-order valence-corrected chi connectivity index (χ1v) is 8.41. The molecule has 138 valence electrons. The number of carbonyl (C=O) groups excluding carboxylic acids is 2. The molecule has 0 aliphatic heterocycles. The van der Waals surface area contributed by atoms with E-state index in [0.29, 0.717) is 17.1 Å². The Kier molecular flexibility index (Phi) is 6.60. The standard InChI is InChI=1S/C20H24N2O4/c1-13(2)26-17-9-6-16(7-10-17)20(24)22-21-19(23)12-25-18-8-5-14(3)15(4)11-18/h5-11,13H,12H2,1-4H3,(H,21,23)(H,22,24). The van der Waals surface area contributed by atoms with E-state index >= 15 is 0 Å². The zero-order valence-electron chi connectivity index (χ0n) is 15.5. The Labute approximate surface area is 153 Å². The highest BCUT2D eigenvalue weighted by molar-refractivity contribution is 5.95. The van der Waals surface area contributed by atoms with Gasteiger partial charge in [0.05, 0.1) is 6.10 Å². The average Bonchev–Trinajstić information content (AvgIpc) is 2.60. The number of aryl methyl sites for hydroxylation is 2. The third kappa shape index (κ3) is 5.81. The van der Waals surface area contributed by atoms with Crippen molar-refractivity contribution in [3.8, 4) is 11.5 Å². The summed E-state index contributed by atoms with van der Waals surface area (Å²) in [5, 5.41) is 0. The van der Waals surface area contributed by atoms with Crippen LogP contribution in [0.4, 0.5) is 0 Å². The van der Waals surface area contributed by atoms with Crippen LogP contribution in [-0.2, 0) is 4.79 Å². The van der Waals surface area contributed by atoms with E-state index in [1.54, 1.807) is 30.3 Å². The smallest absolute Gasteiger partial charge is 0.276 e. The zero-order valence-corrected chi connectivity index (χ0v) is 15.5. The van der Waals surface area contributed by atoms with E-state index in [1.165, 1.54) is 0 Å². The number of nitrogens with one attached hydrogen (secondary N) is 2. The molecule has 0 aliphatic rings. The normalized spacial score (nSPS) is 10.3. The minimum Gasteiger partial charge on any atom is -0.491 e. The Hall–Kier alpha value is -3.02. The molecule has 2 amide bonds. The van der Waals surface area contributed by atoms with Crippen LogP contribution in [0, 0.1) is 13.8 Å². The molecule has 0 aromatic heterocycles. The SMILES string of the molecule is Cc1ccc(OCC(=O)NNC(=O)c2ccc(OC(C)C)cc2)cc1C. The Morgan fingerprint density at radius 3 is 2.19 bits per heavy atom. The first-order valence-electron chi connectivity index (χ1n) is 8.41. The Bertz CT molecular complexity index is 770. The summed E-state index contributed by atoms with van der Waals surface area (Å²) in [7, 11) is 0. The van der Waals surface area contributed by atoms with Gasteiger partial charge in [-0.1, -0.05) is 6.07 Å². The molecule has 0 saturated heterocycles. The van der Waals surface area contributed by atoms with Crippen molar-refractivity contribution < 1.29 is 19.1 Å². The molecule has 6 nitrogen and oxygen atoms in total. The van der Waals surface area contributed by atoms with E-state index in [0.717, 1.165) is 11.1 Å². The van der Waals surface area contributed by atoms with Gasteiger partial charge in [-0.05, 0) is 75.2 Å². The Balaban J connectivity index is 1.79. The summed E-state index contributed by atoms with van der Waals surface area (Å²) in [5.41, 5.74) is 7.34. The molecule has 2 N–H and O–H groups in total. The molecule has 26 heavy (non-hydrogen) atoms. The Morgan fingerprint density at radius 2 is 1.58 bits per heavy atom. The highest BCUT2D eigenvalue weighted by Crippen LogP contribution is 2.16. The number of hydrogen-bond donors (Lipinski definition) is 2. The van der Waals surface area contributed by atoms with Crippen LogP contribution < -0.4 is 20.3 Å². The van der Waals surface area contributed by atoms with Gasteiger partial charge in [0, 0.05) is 5.56 Å². The van der Waals surface area contributed by atoms with Gasteiger partial charge >= 0.3 is 0 Å². The number of amides is 2. The molecule has 0 heterocycles. The minimum atomic E-state index is -0.448. The second-order valence-electron chi connectivity index (χ2n) is 6.23. The topological polar surface area (TPSA) is 76.7 Å². The van der Waals surface area contributed by atoms with Gasteiger partial charge in [0.1, 0.15) is 11.5 Å². The van der Waals surface area contributed by atoms with Gasteiger partial charge in [0.2, 0.25) is 0 Å². The van der Waals surface area contributed by atoms with Crippen molar-refractivity contribution in [1.29, 1.82) is 0 Å². The van der Waals surface area contributed by atoms with Crippen LogP contribution in [0.25, 0.3) is 0 Å². The van der Waals surface area contributed by atoms with E-state index in [9.17, 15) is 9.59 Å². The van der Waals surface area contributed by atoms with E-state index in [4.69, 9.17) is 9.47 Å². The third-order valence-electron chi connectivity index (χ3n) is 3.65. The van der Waals surface area contributed by atoms with Gasteiger partial charge in [-0.3, -0.25) is 20.4 Å². The molecule has 0 unspecified atom stereocenters. The summed E-state index contributed by atoms with van der Waals surface area (Å²) in [6, 6.07) is 12.3. The first-order chi connectivity index (χ1) is 12.3. The van der Waals surface area contributed by atoms with E-state index in [2.05, 4.69) is 10.9 Å². The summed E-state index contributed by atoms with van der Waals surface area (Å²) in [4.78, 5) is 23.8. The minimum absolute atomic E-state index is 0.0614. The van der Waals surface area contributed by atoms with Crippen LogP contribution in [-0.4, -0.2) is 24.5 Å². The largest absolute Gasteiger partial charge is 0.491 e. The van der Waals surface area contributed by atoms with E-state index in [1.807, 2.05) is 39.8 Å². The molecule has 2 aromatic rings. The van der Waals surface area contributed by atoms with Crippen LogP contribution in [0.15, 0.2) is 42.5 Å². The average molecular weight is 356 g/mol. The van der Waals surface area contributed by atoms with Gasteiger partial charge in [-0.2, -0.15) is 0 Å².